The fraction of sp³-hybridized carbons (Fsp3) is 0.0870. The number of Topliss-reactive ketones (excluding diaryl/α,β-unsaturated/α-hetero) is 1. The predicted octanol–water partition coefficient (Wildman–Crippen LogP) is 4.92. The molecule has 5 nitrogen and oxygen atoms in total. The van der Waals surface area contributed by atoms with Crippen molar-refractivity contribution < 1.29 is 9.53 Å². The molecule has 0 bridgehead atoms. The van der Waals surface area contributed by atoms with E-state index in [9.17, 15) is 4.79 Å². The predicted molar refractivity (Wildman–Crippen MR) is 115 cm³/mol. The maximum atomic E-state index is 12.5. The second kappa shape index (κ2) is 8.75. The summed E-state index contributed by atoms with van der Waals surface area (Å²) in [5, 5.41) is 9.46. The van der Waals surface area contributed by atoms with Gasteiger partial charge >= 0.3 is 0 Å². The summed E-state index contributed by atoms with van der Waals surface area (Å²) in [4.78, 5) is 12.5. The molecule has 0 aliphatic carbocycles. The molecule has 1 heterocycles. The Balaban J connectivity index is 1.71. The minimum absolute atomic E-state index is 0.0528. The van der Waals surface area contributed by atoms with Crippen LogP contribution in [0.25, 0.3) is 17.1 Å². The maximum Gasteiger partial charge on any atom is 0.196 e. The van der Waals surface area contributed by atoms with Gasteiger partial charge < -0.3 is 4.74 Å². The number of hydrogen-bond donors (Lipinski definition) is 0. The summed E-state index contributed by atoms with van der Waals surface area (Å²) in [6.07, 6.45) is 0. The third-order valence-corrected chi connectivity index (χ3v) is 5.35. The van der Waals surface area contributed by atoms with Gasteiger partial charge in [0.2, 0.25) is 0 Å². The van der Waals surface area contributed by atoms with Crippen molar-refractivity contribution >= 4 is 17.5 Å². The van der Waals surface area contributed by atoms with Gasteiger partial charge in [0, 0.05) is 11.3 Å². The van der Waals surface area contributed by atoms with E-state index in [0.29, 0.717) is 22.3 Å². The lowest BCUT2D eigenvalue weighted by Gasteiger charge is -2.12. The largest absolute Gasteiger partial charge is 0.496 e. The van der Waals surface area contributed by atoms with E-state index < -0.39 is 0 Å². The monoisotopic (exact) mass is 401 g/mol. The van der Waals surface area contributed by atoms with E-state index in [2.05, 4.69) is 10.2 Å². The van der Waals surface area contributed by atoms with Crippen molar-refractivity contribution in [2.75, 3.05) is 12.9 Å². The van der Waals surface area contributed by atoms with E-state index in [1.54, 1.807) is 7.11 Å². The van der Waals surface area contributed by atoms with E-state index >= 15 is 0 Å². The Morgan fingerprint density at radius 3 is 2.28 bits per heavy atom. The van der Waals surface area contributed by atoms with E-state index in [-0.39, 0.29) is 11.5 Å². The first kappa shape index (κ1) is 19.0. The molecule has 0 aliphatic rings. The summed E-state index contributed by atoms with van der Waals surface area (Å²) in [7, 11) is 1.64. The van der Waals surface area contributed by atoms with Crippen molar-refractivity contribution in [1.29, 1.82) is 0 Å². The number of methoxy groups -OCH3 is 1. The fourth-order valence-corrected chi connectivity index (χ4v) is 3.86. The molecule has 0 saturated carbocycles. The Morgan fingerprint density at radius 2 is 1.55 bits per heavy atom. The zero-order valence-electron chi connectivity index (χ0n) is 15.9. The summed E-state index contributed by atoms with van der Waals surface area (Å²) in [6, 6.07) is 26.8. The molecular formula is C23H19N3O2S. The molecule has 1 aromatic heterocycles. The standard InChI is InChI=1S/C23H19N3O2S/c1-28-21-15-9-8-14-19(21)22-24-25-23(26(22)18-12-6-3-7-13-18)29-16-20(27)17-10-4-2-5-11-17/h2-15H,16H2,1H3. The molecule has 0 N–H and O–H groups in total. The molecule has 0 radical (unpaired) electrons. The topological polar surface area (TPSA) is 57.0 Å². The first-order valence-corrected chi connectivity index (χ1v) is 10.1. The lowest BCUT2D eigenvalue weighted by Crippen LogP contribution is -2.05. The van der Waals surface area contributed by atoms with Gasteiger partial charge in [-0.25, -0.2) is 0 Å². The highest BCUT2D eigenvalue weighted by atomic mass is 32.2. The van der Waals surface area contributed by atoms with Gasteiger partial charge in [-0.05, 0) is 24.3 Å². The first-order chi connectivity index (χ1) is 14.3. The van der Waals surface area contributed by atoms with Crippen LogP contribution in [0.3, 0.4) is 0 Å². The van der Waals surface area contributed by atoms with E-state index in [1.807, 2.05) is 89.5 Å². The van der Waals surface area contributed by atoms with Crippen LogP contribution < -0.4 is 4.74 Å². The third-order valence-electron chi connectivity index (χ3n) is 4.42. The average Bonchev–Trinajstić information content (AvgIpc) is 3.22. The molecule has 144 valence electrons. The smallest absolute Gasteiger partial charge is 0.196 e. The van der Waals surface area contributed by atoms with Gasteiger partial charge in [-0.1, -0.05) is 72.4 Å². The van der Waals surface area contributed by atoms with Crippen molar-refractivity contribution in [3.63, 3.8) is 0 Å². The molecule has 3 aromatic carbocycles. The average molecular weight is 401 g/mol. The van der Waals surface area contributed by atoms with Crippen molar-refractivity contribution in [1.82, 2.24) is 14.8 Å². The highest BCUT2D eigenvalue weighted by molar-refractivity contribution is 7.99. The van der Waals surface area contributed by atoms with Crippen LogP contribution in [-0.2, 0) is 0 Å². The van der Waals surface area contributed by atoms with Gasteiger partial charge in [0.15, 0.2) is 16.8 Å². The summed E-state index contributed by atoms with van der Waals surface area (Å²) in [6.45, 7) is 0. The molecule has 0 unspecified atom stereocenters. The molecule has 6 heteroatoms. The Labute approximate surface area is 173 Å². The highest BCUT2D eigenvalue weighted by Gasteiger charge is 2.19. The van der Waals surface area contributed by atoms with Gasteiger partial charge in [0.05, 0.1) is 18.4 Å². The summed E-state index contributed by atoms with van der Waals surface area (Å²) < 4.78 is 7.47. The molecule has 4 aromatic rings. The number of benzene rings is 3. The third kappa shape index (κ3) is 4.07. The molecule has 0 spiro atoms. The molecule has 0 fully saturated rings. The maximum absolute atomic E-state index is 12.5. The Bertz CT molecular complexity index is 1110. The Kier molecular flexibility index (Phi) is 5.72. The van der Waals surface area contributed by atoms with Crippen LogP contribution in [0.5, 0.6) is 5.75 Å². The molecule has 0 saturated heterocycles. The second-order valence-electron chi connectivity index (χ2n) is 6.26. The van der Waals surface area contributed by atoms with Crippen LogP contribution >= 0.6 is 11.8 Å². The highest BCUT2D eigenvalue weighted by Crippen LogP contribution is 2.33. The van der Waals surface area contributed by atoms with Crippen LogP contribution in [0.1, 0.15) is 10.4 Å². The van der Waals surface area contributed by atoms with Gasteiger partial charge in [-0.2, -0.15) is 0 Å². The van der Waals surface area contributed by atoms with Crippen molar-refractivity contribution in [2.24, 2.45) is 0 Å². The lowest BCUT2D eigenvalue weighted by molar-refractivity contribution is 0.102. The zero-order valence-corrected chi connectivity index (χ0v) is 16.7. The van der Waals surface area contributed by atoms with Gasteiger partial charge in [0.1, 0.15) is 5.75 Å². The molecular weight excluding hydrogens is 382 g/mol. The molecule has 0 amide bonds. The number of rotatable bonds is 7. The van der Waals surface area contributed by atoms with Crippen LogP contribution in [0.2, 0.25) is 0 Å². The zero-order chi connectivity index (χ0) is 20.1. The molecule has 0 aliphatic heterocycles. The SMILES string of the molecule is COc1ccccc1-c1nnc(SCC(=O)c2ccccc2)n1-c1ccccc1. The number of hydrogen-bond acceptors (Lipinski definition) is 5. The normalized spacial score (nSPS) is 10.7. The quantitative estimate of drug-likeness (QED) is 0.325. The molecule has 4 rings (SSSR count). The minimum atomic E-state index is 0.0528. The van der Waals surface area contributed by atoms with Crippen LogP contribution in [0.4, 0.5) is 0 Å². The number of ketones is 1. The second-order valence-corrected chi connectivity index (χ2v) is 7.20. The van der Waals surface area contributed by atoms with E-state index in [4.69, 9.17) is 4.74 Å². The van der Waals surface area contributed by atoms with Crippen LogP contribution in [0.15, 0.2) is 90.1 Å². The van der Waals surface area contributed by atoms with Gasteiger partial charge in [-0.15, -0.1) is 10.2 Å². The number of aromatic nitrogens is 3. The van der Waals surface area contributed by atoms with E-state index in [0.717, 1.165) is 11.3 Å². The van der Waals surface area contributed by atoms with Crippen LogP contribution in [0, 0.1) is 0 Å². The van der Waals surface area contributed by atoms with Crippen molar-refractivity contribution in [3.05, 3.63) is 90.5 Å². The Hall–Kier alpha value is -3.38. The van der Waals surface area contributed by atoms with Gasteiger partial charge in [-0.3, -0.25) is 9.36 Å². The van der Waals surface area contributed by atoms with Crippen LogP contribution in [-0.4, -0.2) is 33.4 Å². The number of thioether (sulfide) groups is 1. The van der Waals surface area contributed by atoms with Crippen molar-refractivity contribution in [2.45, 2.75) is 5.16 Å². The Morgan fingerprint density at radius 1 is 0.897 bits per heavy atom. The summed E-state index contributed by atoms with van der Waals surface area (Å²) in [5.74, 6) is 1.72. The fourth-order valence-electron chi connectivity index (χ4n) is 3.01. The minimum Gasteiger partial charge on any atom is -0.496 e. The number of carbonyl (C=O) groups is 1. The van der Waals surface area contributed by atoms with Crippen molar-refractivity contribution in [3.8, 4) is 22.8 Å². The molecule has 0 atom stereocenters. The first-order valence-electron chi connectivity index (χ1n) is 9.13. The number of ether oxygens (including phenoxy) is 1. The number of carbonyl (C=O) groups excluding carboxylic acids is 1. The lowest BCUT2D eigenvalue weighted by atomic mass is 10.2. The summed E-state index contributed by atoms with van der Waals surface area (Å²) in [5.41, 5.74) is 2.45. The molecule has 29 heavy (non-hydrogen) atoms. The number of para-hydroxylation sites is 2. The number of nitrogens with zero attached hydrogens (tertiary/aromatic N) is 3. The van der Waals surface area contributed by atoms with E-state index in [1.165, 1.54) is 11.8 Å². The van der Waals surface area contributed by atoms with Gasteiger partial charge in [0.25, 0.3) is 0 Å². The summed E-state index contributed by atoms with van der Waals surface area (Å²) >= 11 is 1.37.